The zero-order valence-electron chi connectivity index (χ0n) is 8.70. The van der Waals surface area contributed by atoms with E-state index in [4.69, 9.17) is 11.0 Å². The quantitative estimate of drug-likeness (QED) is 0.792. The molecule has 1 rings (SSSR count). The van der Waals surface area contributed by atoms with Crippen LogP contribution in [0.15, 0.2) is 24.3 Å². The second-order valence-electron chi connectivity index (χ2n) is 3.65. The van der Waals surface area contributed by atoms with Crippen molar-refractivity contribution in [3.63, 3.8) is 0 Å². The maximum atomic E-state index is 8.75. The highest BCUT2D eigenvalue weighted by Crippen LogP contribution is 2.22. The van der Waals surface area contributed by atoms with Crippen LogP contribution in [0, 0.1) is 17.2 Å². The molecule has 2 N–H and O–H groups in total. The topological polar surface area (TPSA) is 49.8 Å². The number of nitrogens with two attached hydrogens (primary N) is 1. The first-order chi connectivity index (χ1) is 6.69. The van der Waals surface area contributed by atoms with E-state index in [2.05, 4.69) is 19.9 Å². The van der Waals surface area contributed by atoms with E-state index in [-0.39, 0.29) is 6.04 Å². The highest BCUT2D eigenvalue weighted by atomic mass is 14.6. The lowest BCUT2D eigenvalue weighted by Crippen LogP contribution is -2.18. The summed E-state index contributed by atoms with van der Waals surface area (Å²) in [6, 6.07) is 9.70. The Morgan fingerprint density at radius 3 is 2.79 bits per heavy atom. The summed E-state index contributed by atoms with van der Waals surface area (Å²) in [6.45, 7) is 4.25. The van der Waals surface area contributed by atoms with E-state index in [9.17, 15) is 0 Å². The molecule has 0 radical (unpaired) electrons. The smallest absolute Gasteiger partial charge is 0.0991 e. The Hall–Kier alpha value is -1.33. The third kappa shape index (κ3) is 2.34. The Morgan fingerprint density at radius 1 is 1.50 bits per heavy atom. The molecule has 0 aromatic heterocycles. The van der Waals surface area contributed by atoms with Gasteiger partial charge in [-0.3, -0.25) is 0 Å². The molecule has 0 heterocycles. The summed E-state index contributed by atoms with van der Waals surface area (Å²) in [6.07, 6.45) is 1.05. The normalized spacial score (nSPS) is 14.4. The van der Waals surface area contributed by atoms with Gasteiger partial charge in [-0.15, -0.1) is 0 Å². The molecule has 0 aliphatic rings. The lowest BCUT2D eigenvalue weighted by atomic mass is 9.92. The van der Waals surface area contributed by atoms with E-state index in [0.29, 0.717) is 11.5 Å². The van der Waals surface area contributed by atoms with Crippen LogP contribution < -0.4 is 5.73 Å². The largest absolute Gasteiger partial charge is 0.324 e. The molecular formula is C12H16N2. The van der Waals surface area contributed by atoms with Crippen LogP contribution in [-0.2, 0) is 0 Å². The third-order valence-corrected chi connectivity index (χ3v) is 2.66. The number of nitriles is 1. The van der Waals surface area contributed by atoms with E-state index in [0.717, 1.165) is 12.0 Å². The van der Waals surface area contributed by atoms with Crippen LogP contribution in [0.25, 0.3) is 0 Å². The lowest BCUT2D eigenvalue weighted by molar-refractivity contribution is 0.457. The van der Waals surface area contributed by atoms with Crippen molar-refractivity contribution in [1.82, 2.24) is 0 Å². The first-order valence-corrected chi connectivity index (χ1v) is 4.94. The first kappa shape index (κ1) is 10.7. The number of rotatable bonds is 3. The van der Waals surface area contributed by atoms with Crippen LogP contribution >= 0.6 is 0 Å². The van der Waals surface area contributed by atoms with Gasteiger partial charge in [0.15, 0.2) is 0 Å². The van der Waals surface area contributed by atoms with Crippen molar-refractivity contribution >= 4 is 0 Å². The van der Waals surface area contributed by atoms with Gasteiger partial charge in [0.05, 0.1) is 11.6 Å². The maximum Gasteiger partial charge on any atom is 0.0991 e. The molecule has 0 saturated heterocycles. The van der Waals surface area contributed by atoms with Gasteiger partial charge in [0, 0.05) is 6.04 Å². The monoisotopic (exact) mass is 188 g/mol. The Labute approximate surface area is 85.4 Å². The van der Waals surface area contributed by atoms with Gasteiger partial charge in [-0.05, 0) is 23.6 Å². The molecule has 2 heteroatoms. The summed E-state index contributed by atoms with van der Waals surface area (Å²) in [7, 11) is 0. The highest BCUT2D eigenvalue weighted by molar-refractivity contribution is 5.34. The fourth-order valence-electron chi connectivity index (χ4n) is 1.40. The van der Waals surface area contributed by atoms with Crippen LogP contribution in [0.5, 0.6) is 0 Å². The molecule has 0 amide bonds. The zero-order valence-corrected chi connectivity index (χ0v) is 8.70. The SMILES string of the molecule is CCC(C)C(N)c1cccc(C#N)c1. The number of hydrogen-bond donors (Lipinski definition) is 1. The summed E-state index contributed by atoms with van der Waals surface area (Å²) in [5, 5.41) is 8.75. The van der Waals surface area contributed by atoms with Gasteiger partial charge in [0.25, 0.3) is 0 Å². The maximum absolute atomic E-state index is 8.75. The van der Waals surface area contributed by atoms with Crippen molar-refractivity contribution < 1.29 is 0 Å². The van der Waals surface area contributed by atoms with Crippen molar-refractivity contribution in [2.75, 3.05) is 0 Å². The van der Waals surface area contributed by atoms with E-state index >= 15 is 0 Å². The molecule has 2 unspecified atom stereocenters. The predicted octanol–water partition coefficient (Wildman–Crippen LogP) is 2.60. The predicted molar refractivity (Wildman–Crippen MR) is 57.5 cm³/mol. The zero-order chi connectivity index (χ0) is 10.6. The Kier molecular flexibility index (Phi) is 3.67. The summed E-state index contributed by atoms with van der Waals surface area (Å²) < 4.78 is 0. The minimum absolute atomic E-state index is 0.0355. The molecule has 0 aliphatic carbocycles. The minimum Gasteiger partial charge on any atom is -0.324 e. The van der Waals surface area contributed by atoms with Crippen LogP contribution in [0.1, 0.15) is 37.4 Å². The van der Waals surface area contributed by atoms with Crippen LogP contribution in [0.2, 0.25) is 0 Å². The van der Waals surface area contributed by atoms with Gasteiger partial charge in [-0.2, -0.15) is 5.26 Å². The third-order valence-electron chi connectivity index (χ3n) is 2.66. The molecule has 1 aromatic rings. The van der Waals surface area contributed by atoms with Gasteiger partial charge in [-0.25, -0.2) is 0 Å². The van der Waals surface area contributed by atoms with E-state index < -0.39 is 0 Å². The van der Waals surface area contributed by atoms with Crippen molar-refractivity contribution in [3.05, 3.63) is 35.4 Å². The molecule has 0 saturated carbocycles. The molecule has 1 aromatic carbocycles. The van der Waals surface area contributed by atoms with Gasteiger partial charge in [0.1, 0.15) is 0 Å². The second kappa shape index (κ2) is 4.78. The summed E-state index contributed by atoms with van der Waals surface area (Å²) in [4.78, 5) is 0. The number of nitrogens with zero attached hydrogens (tertiary/aromatic N) is 1. The molecular weight excluding hydrogens is 172 g/mol. The lowest BCUT2D eigenvalue weighted by Gasteiger charge is -2.18. The van der Waals surface area contributed by atoms with Crippen molar-refractivity contribution in [2.24, 2.45) is 11.7 Å². The van der Waals surface area contributed by atoms with Gasteiger partial charge < -0.3 is 5.73 Å². The van der Waals surface area contributed by atoms with E-state index in [1.165, 1.54) is 0 Å². The molecule has 2 nitrogen and oxygen atoms in total. The fraction of sp³-hybridized carbons (Fsp3) is 0.417. The second-order valence-corrected chi connectivity index (χ2v) is 3.65. The molecule has 2 atom stereocenters. The van der Waals surface area contributed by atoms with E-state index in [1.807, 2.05) is 18.2 Å². The molecule has 0 fully saturated rings. The van der Waals surface area contributed by atoms with Gasteiger partial charge in [0.2, 0.25) is 0 Å². The summed E-state index contributed by atoms with van der Waals surface area (Å²) in [5.74, 6) is 0.448. The Morgan fingerprint density at radius 2 is 2.21 bits per heavy atom. The number of hydrogen-bond acceptors (Lipinski definition) is 2. The fourth-order valence-corrected chi connectivity index (χ4v) is 1.40. The minimum atomic E-state index is 0.0355. The highest BCUT2D eigenvalue weighted by Gasteiger charge is 2.12. The molecule has 0 aliphatic heterocycles. The Bertz CT molecular complexity index is 338. The molecule has 74 valence electrons. The van der Waals surface area contributed by atoms with Crippen molar-refractivity contribution in [1.29, 1.82) is 5.26 Å². The average Bonchev–Trinajstić information content (AvgIpc) is 2.27. The molecule has 0 bridgehead atoms. The summed E-state index contributed by atoms with van der Waals surface area (Å²) in [5.41, 5.74) is 7.80. The van der Waals surface area contributed by atoms with Gasteiger partial charge >= 0.3 is 0 Å². The molecule has 0 spiro atoms. The van der Waals surface area contributed by atoms with Crippen molar-refractivity contribution in [2.45, 2.75) is 26.3 Å². The van der Waals surface area contributed by atoms with Gasteiger partial charge in [-0.1, -0.05) is 32.4 Å². The summed E-state index contributed by atoms with van der Waals surface area (Å²) >= 11 is 0. The number of benzene rings is 1. The standard InChI is InChI=1S/C12H16N2/c1-3-9(2)12(14)11-6-4-5-10(7-11)8-13/h4-7,9,12H,3,14H2,1-2H3. The van der Waals surface area contributed by atoms with E-state index in [1.54, 1.807) is 6.07 Å². The molecule has 14 heavy (non-hydrogen) atoms. The average molecular weight is 188 g/mol. The first-order valence-electron chi connectivity index (χ1n) is 4.94. The van der Waals surface area contributed by atoms with Crippen LogP contribution in [0.3, 0.4) is 0 Å². The Balaban J connectivity index is 2.91. The van der Waals surface area contributed by atoms with Crippen LogP contribution in [-0.4, -0.2) is 0 Å². The van der Waals surface area contributed by atoms with Crippen molar-refractivity contribution in [3.8, 4) is 6.07 Å². The van der Waals surface area contributed by atoms with Crippen LogP contribution in [0.4, 0.5) is 0 Å².